The molecule has 0 bridgehead atoms. The molecule has 186 valence electrons. The van der Waals surface area contributed by atoms with Crippen LogP contribution in [0.1, 0.15) is 19.4 Å². The molecule has 0 N–H and O–H groups in total. The minimum Gasteiger partial charge on any atom is -0.474 e. The molecule has 3 aromatic heterocycles. The van der Waals surface area contributed by atoms with Gasteiger partial charge in [-0.25, -0.2) is 4.98 Å². The molecule has 1 spiro atoms. The quantitative estimate of drug-likeness (QED) is 0.379. The Hall–Kier alpha value is -3.10. The Bertz CT molecular complexity index is 1420. The standard InChI is InChI=1S/C28H29F2N5O/c1-33-14-28(15-33)16-34(17-28)13-18-8-21(9-18)36-26-5-3-20(11-32-26)19-2-4-22-23-12-31-7-6-24(23)35(27(29)30)25(22)10-19/h2-7,10-12,18,21,27H,8-9,13-17H2,1H3. The fraction of sp³-hybridized carbons (Fsp3) is 0.429. The zero-order chi connectivity index (χ0) is 24.4. The minimum absolute atomic E-state index is 0.227. The first-order valence-corrected chi connectivity index (χ1v) is 12.7. The summed E-state index contributed by atoms with van der Waals surface area (Å²) in [5.41, 5.74) is 3.28. The van der Waals surface area contributed by atoms with E-state index in [1.807, 2.05) is 24.3 Å². The monoisotopic (exact) mass is 489 g/mol. The van der Waals surface area contributed by atoms with E-state index >= 15 is 0 Å². The fourth-order valence-corrected chi connectivity index (χ4v) is 6.69. The maximum Gasteiger partial charge on any atom is 0.319 e. The van der Waals surface area contributed by atoms with E-state index in [1.165, 1.54) is 32.7 Å². The van der Waals surface area contributed by atoms with Crippen LogP contribution in [0.3, 0.4) is 0 Å². The Morgan fingerprint density at radius 1 is 0.972 bits per heavy atom. The van der Waals surface area contributed by atoms with Gasteiger partial charge in [-0.2, -0.15) is 8.78 Å². The number of rotatable bonds is 6. The van der Waals surface area contributed by atoms with E-state index in [4.69, 9.17) is 4.74 Å². The van der Waals surface area contributed by atoms with Crippen LogP contribution in [0.25, 0.3) is 32.9 Å². The Labute approximate surface area is 208 Å². The molecule has 0 atom stereocenters. The van der Waals surface area contributed by atoms with Gasteiger partial charge in [0.2, 0.25) is 5.88 Å². The van der Waals surface area contributed by atoms with Crippen LogP contribution in [0.4, 0.5) is 8.78 Å². The predicted molar refractivity (Wildman–Crippen MR) is 135 cm³/mol. The SMILES string of the molecule is CN1CC2(C1)CN(CC1CC(Oc3ccc(-c4ccc5c6cnccc6n(C(F)F)c5c4)cn3)C1)C2. The van der Waals surface area contributed by atoms with Crippen molar-refractivity contribution in [2.45, 2.75) is 25.5 Å². The first-order chi connectivity index (χ1) is 17.5. The van der Waals surface area contributed by atoms with Crippen molar-refractivity contribution in [2.24, 2.45) is 11.3 Å². The van der Waals surface area contributed by atoms with E-state index in [9.17, 15) is 8.78 Å². The molecule has 0 amide bonds. The molecule has 8 heteroatoms. The summed E-state index contributed by atoms with van der Waals surface area (Å²) < 4.78 is 35.0. The average molecular weight is 490 g/mol. The zero-order valence-corrected chi connectivity index (χ0v) is 20.3. The molecule has 3 fully saturated rings. The Balaban J connectivity index is 0.997. The lowest BCUT2D eigenvalue weighted by molar-refractivity contribution is -0.116. The molecular formula is C28H29F2N5O. The predicted octanol–water partition coefficient (Wildman–Crippen LogP) is 5.05. The van der Waals surface area contributed by atoms with Crippen molar-refractivity contribution in [2.75, 3.05) is 39.8 Å². The van der Waals surface area contributed by atoms with Gasteiger partial charge in [-0.3, -0.25) is 9.55 Å². The lowest BCUT2D eigenvalue weighted by Gasteiger charge is -2.60. The second-order valence-corrected chi connectivity index (χ2v) is 11.1. The van der Waals surface area contributed by atoms with E-state index in [-0.39, 0.29) is 6.10 Å². The number of nitrogens with zero attached hydrogens (tertiary/aromatic N) is 5. The van der Waals surface area contributed by atoms with Gasteiger partial charge in [-0.15, -0.1) is 0 Å². The molecule has 0 radical (unpaired) electrons. The molecule has 5 heterocycles. The molecule has 2 aliphatic heterocycles. The second-order valence-electron chi connectivity index (χ2n) is 11.1. The number of hydrogen-bond donors (Lipinski definition) is 0. The summed E-state index contributed by atoms with van der Waals surface area (Å²) in [5.74, 6) is 1.34. The lowest BCUT2D eigenvalue weighted by atomic mass is 9.72. The highest BCUT2D eigenvalue weighted by molar-refractivity contribution is 6.08. The van der Waals surface area contributed by atoms with Crippen LogP contribution in [0.15, 0.2) is 55.0 Å². The van der Waals surface area contributed by atoms with E-state index in [0.717, 1.165) is 39.3 Å². The lowest BCUT2D eigenvalue weighted by Crippen LogP contribution is -2.71. The summed E-state index contributed by atoms with van der Waals surface area (Å²) >= 11 is 0. The van der Waals surface area contributed by atoms with Gasteiger partial charge in [0.15, 0.2) is 0 Å². The van der Waals surface area contributed by atoms with Crippen LogP contribution in [0.2, 0.25) is 0 Å². The molecule has 2 saturated heterocycles. The first-order valence-electron chi connectivity index (χ1n) is 12.7. The van der Waals surface area contributed by atoms with Gasteiger partial charge in [0.05, 0.1) is 11.0 Å². The highest BCUT2D eigenvalue weighted by Gasteiger charge is 2.50. The molecule has 1 aromatic carbocycles. The van der Waals surface area contributed by atoms with Crippen molar-refractivity contribution < 1.29 is 13.5 Å². The average Bonchev–Trinajstić information content (AvgIpc) is 3.14. The van der Waals surface area contributed by atoms with Gasteiger partial charge in [-0.1, -0.05) is 12.1 Å². The van der Waals surface area contributed by atoms with E-state index < -0.39 is 6.55 Å². The van der Waals surface area contributed by atoms with Gasteiger partial charge in [0, 0.05) is 79.1 Å². The molecule has 0 unspecified atom stereocenters. The number of fused-ring (bicyclic) bond motifs is 3. The van der Waals surface area contributed by atoms with Crippen molar-refractivity contribution in [3.8, 4) is 17.0 Å². The van der Waals surface area contributed by atoms with Crippen molar-refractivity contribution in [1.82, 2.24) is 24.3 Å². The summed E-state index contributed by atoms with van der Waals surface area (Å²) in [6.45, 7) is 3.56. The summed E-state index contributed by atoms with van der Waals surface area (Å²) in [4.78, 5) is 13.6. The Kier molecular flexibility index (Phi) is 5.05. The van der Waals surface area contributed by atoms with Crippen LogP contribution in [-0.2, 0) is 0 Å². The number of benzene rings is 1. The topological polar surface area (TPSA) is 46.4 Å². The number of alkyl halides is 2. The summed E-state index contributed by atoms with van der Waals surface area (Å²) in [6.07, 6.45) is 7.33. The smallest absolute Gasteiger partial charge is 0.319 e. The van der Waals surface area contributed by atoms with Crippen LogP contribution >= 0.6 is 0 Å². The third-order valence-electron chi connectivity index (χ3n) is 8.19. The van der Waals surface area contributed by atoms with Crippen LogP contribution in [0.5, 0.6) is 5.88 Å². The second kappa shape index (κ2) is 8.21. The third-order valence-corrected chi connectivity index (χ3v) is 8.19. The highest BCUT2D eigenvalue weighted by Crippen LogP contribution is 2.41. The van der Waals surface area contributed by atoms with Crippen LogP contribution in [-0.4, -0.2) is 70.2 Å². The number of pyridine rings is 2. The summed E-state index contributed by atoms with van der Waals surface area (Å²) in [7, 11) is 2.20. The van der Waals surface area contributed by atoms with Crippen LogP contribution in [0, 0.1) is 11.3 Å². The van der Waals surface area contributed by atoms with Gasteiger partial charge in [0.1, 0.15) is 6.10 Å². The van der Waals surface area contributed by atoms with Crippen molar-refractivity contribution in [3.05, 3.63) is 55.0 Å². The highest BCUT2D eigenvalue weighted by atomic mass is 19.3. The molecule has 1 saturated carbocycles. The van der Waals surface area contributed by atoms with Crippen molar-refractivity contribution in [3.63, 3.8) is 0 Å². The molecular weight excluding hydrogens is 460 g/mol. The van der Waals surface area contributed by atoms with Gasteiger partial charge >= 0.3 is 6.55 Å². The largest absolute Gasteiger partial charge is 0.474 e. The summed E-state index contributed by atoms with van der Waals surface area (Å²) in [5, 5.41) is 1.49. The number of hydrogen-bond acceptors (Lipinski definition) is 5. The molecule has 6 nitrogen and oxygen atoms in total. The number of halogens is 2. The minimum atomic E-state index is -2.63. The maximum absolute atomic E-state index is 13.9. The van der Waals surface area contributed by atoms with E-state index in [0.29, 0.717) is 28.2 Å². The van der Waals surface area contributed by atoms with Gasteiger partial charge in [0.25, 0.3) is 0 Å². The van der Waals surface area contributed by atoms with Gasteiger partial charge in [-0.05, 0) is 49.6 Å². The Morgan fingerprint density at radius 2 is 1.78 bits per heavy atom. The molecule has 3 aliphatic rings. The normalized spacial score (nSPS) is 23.7. The van der Waals surface area contributed by atoms with Crippen LogP contribution < -0.4 is 4.74 Å². The molecule has 1 aliphatic carbocycles. The maximum atomic E-state index is 13.9. The first kappa shape index (κ1) is 22.1. The Morgan fingerprint density at radius 3 is 2.50 bits per heavy atom. The zero-order valence-electron chi connectivity index (χ0n) is 20.3. The molecule has 36 heavy (non-hydrogen) atoms. The third kappa shape index (κ3) is 3.66. The van der Waals surface area contributed by atoms with Crippen molar-refractivity contribution >= 4 is 21.8 Å². The number of aromatic nitrogens is 3. The van der Waals surface area contributed by atoms with Crippen molar-refractivity contribution in [1.29, 1.82) is 0 Å². The summed E-state index contributed by atoms with van der Waals surface area (Å²) in [6, 6.07) is 11.1. The molecule has 7 rings (SSSR count). The number of ether oxygens (including phenoxy) is 1. The fourth-order valence-electron chi connectivity index (χ4n) is 6.69. The van der Waals surface area contributed by atoms with E-state index in [1.54, 1.807) is 30.7 Å². The van der Waals surface area contributed by atoms with Gasteiger partial charge < -0.3 is 14.5 Å². The molecule has 4 aromatic rings. The van der Waals surface area contributed by atoms with E-state index in [2.05, 4.69) is 26.8 Å². The number of likely N-dealkylation sites (tertiary alicyclic amines) is 2.